The first-order valence-corrected chi connectivity index (χ1v) is 8.52. The zero-order valence-electron chi connectivity index (χ0n) is 15.2. The highest BCUT2D eigenvalue weighted by molar-refractivity contribution is 6.02. The van der Waals surface area contributed by atoms with Crippen molar-refractivity contribution in [3.63, 3.8) is 0 Å². The third kappa shape index (κ3) is 4.25. The van der Waals surface area contributed by atoms with Gasteiger partial charge in [-0.25, -0.2) is 9.97 Å². The lowest BCUT2D eigenvalue weighted by atomic mass is 10.1. The van der Waals surface area contributed by atoms with E-state index in [9.17, 15) is 4.79 Å². The molecule has 0 aliphatic heterocycles. The first-order chi connectivity index (χ1) is 12.5. The number of anilines is 2. The fraction of sp³-hybridized carbons (Fsp3) is 0.190. The molecular weight excluding hydrogens is 324 g/mol. The van der Waals surface area contributed by atoms with Gasteiger partial charge in [0.25, 0.3) is 5.91 Å². The van der Waals surface area contributed by atoms with E-state index in [4.69, 9.17) is 0 Å². The summed E-state index contributed by atoms with van der Waals surface area (Å²) in [6, 6.07) is 14.0. The lowest BCUT2D eigenvalue weighted by Crippen LogP contribution is -2.14. The molecule has 0 radical (unpaired) electrons. The van der Waals surface area contributed by atoms with Crippen molar-refractivity contribution in [2.24, 2.45) is 0 Å². The van der Waals surface area contributed by atoms with Gasteiger partial charge in [-0.15, -0.1) is 0 Å². The molecule has 2 aromatic carbocycles. The molecule has 0 atom stereocenters. The van der Waals surface area contributed by atoms with Crippen molar-refractivity contribution in [3.8, 4) is 0 Å². The second-order valence-electron chi connectivity index (χ2n) is 6.32. The molecule has 5 heteroatoms. The Morgan fingerprint density at radius 1 is 0.923 bits per heavy atom. The van der Waals surface area contributed by atoms with Gasteiger partial charge in [-0.05, 0) is 55.2 Å². The van der Waals surface area contributed by atoms with Crippen molar-refractivity contribution in [2.75, 3.05) is 10.6 Å². The van der Waals surface area contributed by atoms with Gasteiger partial charge in [0.1, 0.15) is 11.5 Å². The Kier molecular flexibility index (Phi) is 5.27. The number of aromatic nitrogens is 2. The monoisotopic (exact) mass is 346 g/mol. The molecule has 3 aromatic rings. The van der Waals surface area contributed by atoms with Crippen LogP contribution in [0.15, 0.2) is 54.9 Å². The van der Waals surface area contributed by atoms with Crippen LogP contribution in [0, 0.1) is 20.8 Å². The van der Waals surface area contributed by atoms with Gasteiger partial charge in [0.05, 0.1) is 12.4 Å². The van der Waals surface area contributed by atoms with Gasteiger partial charge in [0, 0.05) is 12.2 Å². The first-order valence-electron chi connectivity index (χ1n) is 8.52. The third-order valence-electron chi connectivity index (χ3n) is 4.37. The van der Waals surface area contributed by atoms with E-state index in [1.54, 1.807) is 6.20 Å². The molecule has 0 unspecified atom stereocenters. The Hall–Kier alpha value is -3.21. The minimum atomic E-state index is -0.272. The second-order valence-corrected chi connectivity index (χ2v) is 6.32. The Morgan fingerprint density at radius 2 is 1.73 bits per heavy atom. The van der Waals surface area contributed by atoms with E-state index < -0.39 is 0 Å². The number of benzene rings is 2. The molecule has 0 saturated heterocycles. The van der Waals surface area contributed by atoms with E-state index in [-0.39, 0.29) is 11.6 Å². The zero-order chi connectivity index (χ0) is 18.5. The number of amides is 1. The van der Waals surface area contributed by atoms with Gasteiger partial charge >= 0.3 is 0 Å². The summed E-state index contributed by atoms with van der Waals surface area (Å²) in [6.45, 7) is 6.78. The zero-order valence-corrected chi connectivity index (χ0v) is 15.2. The van der Waals surface area contributed by atoms with E-state index >= 15 is 0 Å². The Labute approximate surface area is 153 Å². The van der Waals surface area contributed by atoms with Gasteiger partial charge < -0.3 is 10.6 Å². The minimum Gasteiger partial charge on any atom is -0.365 e. The summed E-state index contributed by atoms with van der Waals surface area (Å²) in [5.74, 6) is 0.363. The van der Waals surface area contributed by atoms with Crippen LogP contribution >= 0.6 is 0 Å². The van der Waals surface area contributed by atoms with E-state index in [1.807, 2.05) is 44.2 Å². The van der Waals surface area contributed by atoms with Crippen LogP contribution in [0.3, 0.4) is 0 Å². The molecule has 0 fully saturated rings. The van der Waals surface area contributed by atoms with Crippen LogP contribution in [0.25, 0.3) is 0 Å². The fourth-order valence-corrected chi connectivity index (χ4v) is 2.55. The molecular formula is C21H22N4O. The Balaban J connectivity index is 1.62. The number of nitrogens with one attached hydrogen (secondary N) is 2. The van der Waals surface area contributed by atoms with E-state index in [0.717, 1.165) is 11.3 Å². The molecule has 1 amide bonds. The molecule has 1 heterocycles. The van der Waals surface area contributed by atoms with Crippen molar-refractivity contribution in [2.45, 2.75) is 27.3 Å². The van der Waals surface area contributed by atoms with Crippen molar-refractivity contribution in [1.82, 2.24) is 9.97 Å². The summed E-state index contributed by atoms with van der Waals surface area (Å²) in [6.07, 6.45) is 3.06. The minimum absolute atomic E-state index is 0.272. The van der Waals surface area contributed by atoms with Crippen molar-refractivity contribution in [1.29, 1.82) is 0 Å². The molecule has 0 saturated carbocycles. The second kappa shape index (κ2) is 7.78. The van der Waals surface area contributed by atoms with Gasteiger partial charge in [-0.3, -0.25) is 4.79 Å². The number of hydrogen-bond acceptors (Lipinski definition) is 4. The maximum Gasteiger partial charge on any atom is 0.275 e. The first kappa shape index (κ1) is 17.6. The summed E-state index contributed by atoms with van der Waals surface area (Å²) in [7, 11) is 0. The number of hydrogen-bond donors (Lipinski definition) is 2. The van der Waals surface area contributed by atoms with E-state index in [2.05, 4.69) is 39.7 Å². The summed E-state index contributed by atoms with van der Waals surface area (Å²) in [5, 5.41) is 6.08. The molecule has 1 aromatic heterocycles. The number of nitrogens with zero attached hydrogens (tertiary/aromatic N) is 2. The van der Waals surface area contributed by atoms with Gasteiger partial charge in [0.2, 0.25) is 0 Å². The summed E-state index contributed by atoms with van der Waals surface area (Å²) < 4.78 is 0. The molecule has 0 spiro atoms. The topological polar surface area (TPSA) is 66.9 Å². The van der Waals surface area contributed by atoms with Crippen molar-refractivity contribution in [3.05, 3.63) is 82.8 Å². The van der Waals surface area contributed by atoms with Crippen molar-refractivity contribution >= 4 is 17.4 Å². The highest BCUT2D eigenvalue weighted by Crippen LogP contribution is 2.15. The van der Waals surface area contributed by atoms with E-state index in [0.29, 0.717) is 12.4 Å². The maximum absolute atomic E-state index is 12.3. The van der Waals surface area contributed by atoms with Crippen LogP contribution in [0.5, 0.6) is 0 Å². The normalized spacial score (nSPS) is 10.4. The smallest absolute Gasteiger partial charge is 0.275 e. The van der Waals surface area contributed by atoms with Gasteiger partial charge in [-0.2, -0.15) is 0 Å². The fourth-order valence-electron chi connectivity index (χ4n) is 2.55. The maximum atomic E-state index is 12.3. The molecule has 3 rings (SSSR count). The average molecular weight is 346 g/mol. The average Bonchev–Trinajstić information content (AvgIpc) is 2.64. The number of rotatable bonds is 5. The van der Waals surface area contributed by atoms with Crippen LogP contribution < -0.4 is 10.6 Å². The largest absolute Gasteiger partial charge is 0.365 e. The van der Waals surface area contributed by atoms with Gasteiger partial charge in [-0.1, -0.05) is 30.3 Å². The SMILES string of the molecule is Cc1ccc(NC(=O)c2cnc(NCc3ccccc3C)cn2)cc1C. The third-order valence-corrected chi connectivity index (χ3v) is 4.37. The quantitative estimate of drug-likeness (QED) is 0.724. The standard InChI is InChI=1S/C21H22N4O/c1-14-8-9-18(10-16(14)3)25-21(26)19-12-24-20(13-22-19)23-11-17-7-5-4-6-15(17)2/h4-10,12-13H,11H2,1-3H3,(H,23,24)(H,25,26). The van der Waals surface area contributed by atoms with Crippen LogP contribution in [0.2, 0.25) is 0 Å². The highest BCUT2D eigenvalue weighted by atomic mass is 16.1. The van der Waals surface area contributed by atoms with Crippen LogP contribution in [0.1, 0.15) is 32.7 Å². The number of carbonyl (C=O) groups is 1. The van der Waals surface area contributed by atoms with Crippen LogP contribution in [-0.4, -0.2) is 15.9 Å². The van der Waals surface area contributed by atoms with Crippen molar-refractivity contribution < 1.29 is 4.79 Å². The summed E-state index contributed by atoms with van der Waals surface area (Å²) in [5.41, 5.74) is 5.77. The highest BCUT2D eigenvalue weighted by Gasteiger charge is 2.09. The Bertz CT molecular complexity index is 920. The predicted molar refractivity (Wildman–Crippen MR) is 104 cm³/mol. The molecule has 0 bridgehead atoms. The lowest BCUT2D eigenvalue weighted by Gasteiger charge is -2.09. The molecule has 2 N–H and O–H groups in total. The van der Waals surface area contributed by atoms with Gasteiger partial charge in [0.15, 0.2) is 0 Å². The molecule has 0 aliphatic carbocycles. The molecule has 26 heavy (non-hydrogen) atoms. The van der Waals surface area contributed by atoms with Crippen LogP contribution in [0.4, 0.5) is 11.5 Å². The number of carbonyl (C=O) groups excluding carboxylic acids is 1. The summed E-state index contributed by atoms with van der Waals surface area (Å²) in [4.78, 5) is 20.8. The molecule has 132 valence electrons. The van der Waals surface area contributed by atoms with E-state index in [1.165, 1.54) is 22.9 Å². The Morgan fingerprint density at radius 3 is 2.42 bits per heavy atom. The number of aryl methyl sites for hydroxylation is 3. The molecule has 0 aliphatic rings. The molecule has 5 nitrogen and oxygen atoms in total. The summed E-state index contributed by atoms with van der Waals surface area (Å²) >= 11 is 0. The predicted octanol–water partition coefficient (Wildman–Crippen LogP) is 4.27. The van der Waals surface area contributed by atoms with Crippen LogP contribution in [-0.2, 0) is 6.54 Å². The lowest BCUT2D eigenvalue weighted by molar-refractivity contribution is 0.102.